The fourth-order valence-corrected chi connectivity index (χ4v) is 3.49. The highest BCUT2D eigenvalue weighted by molar-refractivity contribution is 8.00. The topological polar surface area (TPSA) is 122 Å². The van der Waals surface area contributed by atoms with E-state index < -0.39 is 11.5 Å². The van der Waals surface area contributed by atoms with Crippen LogP contribution in [-0.4, -0.2) is 45.1 Å². The molecule has 1 saturated carbocycles. The number of nitrogens with one attached hydrogen (secondary N) is 2. The number of carboxylic acid groups (broad SMARTS) is 1. The molecule has 0 aliphatic heterocycles. The number of aliphatic carboxylic acids is 1. The number of carboxylic acids is 1. The van der Waals surface area contributed by atoms with Crippen LogP contribution in [-0.2, 0) is 14.4 Å². The first kappa shape index (κ1) is 19.3. The molecular weight excluding hydrogens is 346 g/mol. The van der Waals surface area contributed by atoms with Gasteiger partial charge in [-0.2, -0.15) is 0 Å². The standard InChI is InChI=1S/C16H23N3O5S/c1-11-8-12(19-24-11)17-13(20)9-25-10-14(21)18-16(15(22)23)6-4-2-3-5-7-16/h8H,2-7,9-10H2,1H3,(H,18,21)(H,22,23)(H,17,19,20). The van der Waals surface area contributed by atoms with Crippen molar-refractivity contribution >= 4 is 35.4 Å². The lowest BCUT2D eigenvalue weighted by atomic mass is 9.90. The highest BCUT2D eigenvalue weighted by atomic mass is 32.2. The monoisotopic (exact) mass is 369 g/mol. The van der Waals surface area contributed by atoms with E-state index in [4.69, 9.17) is 4.52 Å². The van der Waals surface area contributed by atoms with Crippen molar-refractivity contribution in [2.45, 2.75) is 51.0 Å². The first-order valence-corrected chi connectivity index (χ1v) is 9.42. The molecule has 138 valence electrons. The molecule has 1 aromatic heterocycles. The SMILES string of the molecule is Cc1cc(NC(=O)CSCC(=O)NC2(C(=O)O)CCCCCC2)no1. The van der Waals surface area contributed by atoms with Crippen molar-refractivity contribution in [3.05, 3.63) is 11.8 Å². The Kier molecular flexibility index (Phi) is 6.86. The molecule has 3 N–H and O–H groups in total. The molecule has 1 aliphatic rings. The van der Waals surface area contributed by atoms with Gasteiger partial charge in [-0.15, -0.1) is 11.8 Å². The molecule has 25 heavy (non-hydrogen) atoms. The minimum atomic E-state index is -1.17. The molecule has 0 radical (unpaired) electrons. The van der Waals surface area contributed by atoms with E-state index >= 15 is 0 Å². The van der Waals surface area contributed by atoms with Gasteiger partial charge in [0.2, 0.25) is 11.8 Å². The summed E-state index contributed by atoms with van der Waals surface area (Å²) in [5.74, 6) is -0.625. The second-order valence-corrected chi connectivity index (χ2v) is 7.20. The molecule has 2 rings (SSSR count). The molecule has 1 aromatic rings. The van der Waals surface area contributed by atoms with Gasteiger partial charge in [0.1, 0.15) is 11.3 Å². The third-order valence-electron chi connectivity index (χ3n) is 4.11. The maximum Gasteiger partial charge on any atom is 0.329 e. The minimum Gasteiger partial charge on any atom is -0.480 e. The van der Waals surface area contributed by atoms with Crippen molar-refractivity contribution in [1.29, 1.82) is 0 Å². The van der Waals surface area contributed by atoms with Crippen molar-refractivity contribution in [2.24, 2.45) is 0 Å². The highest BCUT2D eigenvalue weighted by Gasteiger charge is 2.39. The van der Waals surface area contributed by atoms with E-state index in [-0.39, 0.29) is 23.3 Å². The van der Waals surface area contributed by atoms with E-state index in [0.717, 1.165) is 37.4 Å². The van der Waals surface area contributed by atoms with Gasteiger partial charge < -0.3 is 20.3 Å². The van der Waals surface area contributed by atoms with Gasteiger partial charge in [0.05, 0.1) is 11.5 Å². The van der Waals surface area contributed by atoms with E-state index in [1.807, 2.05) is 0 Å². The van der Waals surface area contributed by atoms with Crippen LogP contribution in [0.2, 0.25) is 0 Å². The number of rotatable bonds is 7. The Bertz CT molecular complexity index is 623. The Morgan fingerprint density at radius 2 is 1.84 bits per heavy atom. The molecule has 0 unspecified atom stereocenters. The molecule has 1 fully saturated rings. The number of thioether (sulfide) groups is 1. The second-order valence-electron chi connectivity index (χ2n) is 6.21. The number of hydrogen-bond donors (Lipinski definition) is 3. The van der Waals surface area contributed by atoms with Gasteiger partial charge in [-0.3, -0.25) is 9.59 Å². The van der Waals surface area contributed by atoms with Crippen molar-refractivity contribution in [3.8, 4) is 0 Å². The molecule has 0 aromatic carbocycles. The summed E-state index contributed by atoms with van der Waals surface area (Å²) >= 11 is 1.12. The van der Waals surface area contributed by atoms with E-state index in [1.165, 1.54) is 0 Å². The zero-order valence-electron chi connectivity index (χ0n) is 14.2. The Morgan fingerprint density at radius 1 is 1.20 bits per heavy atom. The number of anilines is 1. The molecule has 1 heterocycles. The van der Waals surface area contributed by atoms with Gasteiger partial charge in [0.15, 0.2) is 5.82 Å². The lowest BCUT2D eigenvalue weighted by Crippen LogP contribution is -2.54. The lowest BCUT2D eigenvalue weighted by molar-refractivity contribution is -0.148. The maximum atomic E-state index is 12.1. The molecule has 0 spiro atoms. The Balaban J connectivity index is 1.77. The van der Waals surface area contributed by atoms with Gasteiger partial charge in [0, 0.05) is 6.07 Å². The fourth-order valence-electron chi connectivity index (χ4n) is 2.87. The normalized spacial score (nSPS) is 16.7. The van der Waals surface area contributed by atoms with Gasteiger partial charge in [-0.1, -0.05) is 30.8 Å². The van der Waals surface area contributed by atoms with Crippen molar-refractivity contribution in [1.82, 2.24) is 10.5 Å². The van der Waals surface area contributed by atoms with Crippen LogP contribution in [0.25, 0.3) is 0 Å². The Labute approximate surface area is 150 Å². The summed E-state index contributed by atoms with van der Waals surface area (Å²) in [4.78, 5) is 35.5. The summed E-state index contributed by atoms with van der Waals surface area (Å²) in [7, 11) is 0. The van der Waals surface area contributed by atoms with Crippen LogP contribution < -0.4 is 10.6 Å². The summed E-state index contributed by atoms with van der Waals surface area (Å²) in [6.45, 7) is 1.72. The predicted molar refractivity (Wildman–Crippen MR) is 93.4 cm³/mol. The molecule has 9 heteroatoms. The van der Waals surface area contributed by atoms with Gasteiger partial charge >= 0.3 is 5.97 Å². The van der Waals surface area contributed by atoms with Gasteiger partial charge in [0.25, 0.3) is 0 Å². The third-order valence-corrected chi connectivity index (χ3v) is 5.04. The van der Waals surface area contributed by atoms with Crippen LogP contribution in [0.15, 0.2) is 10.6 Å². The zero-order chi connectivity index (χ0) is 18.3. The summed E-state index contributed by atoms with van der Waals surface area (Å²) in [6.07, 6.45) is 4.46. The molecule has 1 aliphatic carbocycles. The maximum absolute atomic E-state index is 12.1. The third kappa shape index (κ3) is 5.77. The van der Waals surface area contributed by atoms with Crippen molar-refractivity contribution in [2.75, 3.05) is 16.8 Å². The lowest BCUT2D eigenvalue weighted by Gasteiger charge is -2.29. The Hall–Kier alpha value is -2.03. The van der Waals surface area contributed by atoms with Crippen LogP contribution in [0.5, 0.6) is 0 Å². The molecule has 2 amide bonds. The average Bonchev–Trinajstić information content (AvgIpc) is 2.81. The first-order chi connectivity index (χ1) is 11.9. The minimum absolute atomic E-state index is 0.0281. The van der Waals surface area contributed by atoms with E-state index in [2.05, 4.69) is 15.8 Å². The van der Waals surface area contributed by atoms with Crippen molar-refractivity contribution < 1.29 is 24.0 Å². The summed E-state index contributed by atoms with van der Waals surface area (Å²) in [5.41, 5.74) is -1.17. The van der Waals surface area contributed by atoms with Crippen LogP contribution in [0.1, 0.15) is 44.3 Å². The molecule has 0 atom stereocenters. The van der Waals surface area contributed by atoms with Crippen molar-refractivity contribution in [3.63, 3.8) is 0 Å². The van der Waals surface area contributed by atoms with E-state index in [9.17, 15) is 19.5 Å². The average molecular weight is 369 g/mol. The number of amides is 2. The zero-order valence-corrected chi connectivity index (χ0v) is 15.0. The number of carbonyl (C=O) groups is 3. The predicted octanol–water partition coefficient (Wildman–Crippen LogP) is 1.95. The van der Waals surface area contributed by atoms with Gasteiger partial charge in [-0.05, 0) is 19.8 Å². The van der Waals surface area contributed by atoms with Crippen LogP contribution in [0.3, 0.4) is 0 Å². The second kappa shape index (κ2) is 8.89. The summed E-state index contributed by atoms with van der Waals surface area (Å²) in [5, 5.41) is 18.4. The summed E-state index contributed by atoms with van der Waals surface area (Å²) in [6, 6.07) is 1.60. The number of carbonyl (C=O) groups excluding carboxylic acids is 2. The Morgan fingerprint density at radius 3 is 2.40 bits per heavy atom. The smallest absolute Gasteiger partial charge is 0.329 e. The first-order valence-electron chi connectivity index (χ1n) is 8.27. The molecule has 0 saturated heterocycles. The number of nitrogens with zero attached hydrogens (tertiary/aromatic N) is 1. The fraction of sp³-hybridized carbons (Fsp3) is 0.625. The van der Waals surface area contributed by atoms with E-state index in [0.29, 0.717) is 24.4 Å². The molecule has 0 bridgehead atoms. The quantitative estimate of drug-likeness (QED) is 0.628. The molecular formula is C16H23N3O5S. The number of aromatic nitrogens is 1. The van der Waals surface area contributed by atoms with Gasteiger partial charge in [-0.25, -0.2) is 4.79 Å². The number of hydrogen-bond acceptors (Lipinski definition) is 6. The van der Waals surface area contributed by atoms with Crippen LogP contribution >= 0.6 is 11.8 Å². The highest BCUT2D eigenvalue weighted by Crippen LogP contribution is 2.27. The van der Waals surface area contributed by atoms with E-state index in [1.54, 1.807) is 13.0 Å². The van der Waals surface area contributed by atoms with Crippen LogP contribution in [0, 0.1) is 6.92 Å². The molecule has 8 nitrogen and oxygen atoms in total. The summed E-state index contributed by atoms with van der Waals surface area (Å²) < 4.78 is 4.85. The largest absolute Gasteiger partial charge is 0.480 e. The van der Waals surface area contributed by atoms with Crippen LogP contribution in [0.4, 0.5) is 5.82 Å². The number of aryl methyl sites for hydroxylation is 1.